The van der Waals surface area contributed by atoms with E-state index in [0.29, 0.717) is 17.4 Å². The van der Waals surface area contributed by atoms with Crippen molar-refractivity contribution in [3.8, 4) is 0 Å². The molecule has 8 nitrogen and oxygen atoms in total. The van der Waals surface area contributed by atoms with Gasteiger partial charge < -0.3 is 29.7 Å². The van der Waals surface area contributed by atoms with Gasteiger partial charge in [-0.15, -0.1) is 0 Å². The molecule has 1 amide bonds. The lowest BCUT2D eigenvalue weighted by Crippen LogP contribution is -2.46. The highest BCUT2D eigenvalue weighted by Gasteiger charge is 2.49. The van der Waals surface area contributed by atoms with E-state index in [4.69, 9.17) is 26.4 Å². The first kappa shape index (κ1) is 23.3. The molecule has 3 N–H and O–H groups in total. The van der Waals surface area contributed by atoms with Crippen LogP contribution in [0.5, 0.6) is 0 Å². The maximum atomic E-state index is 12.6. The molecule has 5 rings (SSSR count). The highest BCUT2D eigenvalue weighted by Crippen LogP contribution is 2.30. The van der Waals surface area contributed by atoms with Gasteiger partial charge in [0.2, 0.25) is 0 Å². The number of amides is 1. The minimum atomic E-state index is -0.533. The first-order valence-corrected chi connectivity index (χ1v) is 11.9. The molecule has 2 heterocycles. The Balaban J connectivity index is 1.14. The number of thiocarbonyl (C=S) groups is 1. The Kier molecular flexibility index (Phi) is 6.72. The Morgan fingerprint density at radius 1 is 0.943 bits per heavy atom. The van der Waals surface area contributed by atoms with Gasteiger partial charge in [-0.2, -0.15) is 0 Å². The van der Waals surface area contributed by atoms with Gasteiger partial charge in [-0.1, -0.05) is 36.4 Å². The molecule has 9 heteroatoms. The van der Waals surface area contributed by atoms with Crippen LogP contribution in [0, 0.1) is 0 Å². The second-order valence-corrected chi connectivity index (χ2v) is 9.25. The summed E-state index contributed by atoms with van der Waals surface area (Å²) in [7, 11) is 3.99. The van der Waals surface area contributed by atoms with Gasteiger partial charge in [0.25, 0.3) is 0 Å². The maximum Gasteiger partial charge on any atom is 0.412 e. The summed E-state index contributed by atoms with van der Waals surface area (Å²) in [6, 6.07) is 21.5. The summed E-state index contributed by atoms with van der Waals surface area (Å²) in [5.74, 6) is 0. The van der Waals surface area contributed by atoms with Crippen LogP contribution in [-0.4, -0.2) is 62.9 Å². The number of anilines is 3. The average Bonchev–Trinajstić information content (AvgIpc) is 3.43. The van der Waals surface area contributed by atoms with Crippen LogP contribution in [0.3, 0.4) is 0 Å². The third-order valence-electron chi connectivity index (χ3n) is 6.25. The molecule has 0 aliphatic carbocycles. The zero-order chi connectivity index (χ0) is 24.4. The van der Waals surface area contributed by atoms with Gasteiger partial charge in [0, 0.05) is 30.9 Å². The first-order valence-electron chi connectivity index (χ1n) is 11.5. The fourth-order valence-electron chi connectivity index (χ4n) is 4.48. The topological polar surface area (TPSA) is 84.1 Å². The van der Waals surface area contributed by atoms with E-state index in [1.54, 1.807) is 0 Å². The normalized spacial score (nSPS) is 22.9. The SMILES string of the molecule is CN(C)c1ccc(NC(=S)N[C@@H]2CO[C@@H]3[C@@H]2OC[C@H]3OC(=O)Nc2cccc3ccccc23)cc1. The van der Waals surface area contributed by atoms with E-state index < -0.39 is 12.2 Å². The molecule has 0 aromatic heterocycles. The first-order chi connectivity index (χ1) is 17.0. The summed E-state index contributed by atoms with van der Waals surface area (Å²) in [6.45, 7) is 0.671. The number of hydrogen-bond acceptors (Lipinski definition) is 6. The highest BCUT2D eigenvalue weighted by molar-refractivity contribution is 7.80. The van der Waals surface area contributed by atoms with Crippen LogP contribution in [0.1, 0.15) is 0 Å². The fraction of sp³-hybridized carbons (Fsp3) is 0.308. The van der Waals surface area contributed by atoms with Gasteiger partial charge in [-0.05, 0) is 47.9 Å². The van der Waals surface area contributed by atoms with Gasteiger partial charge in [0.1, 0.15) is 12.2 Å². The molecule has 3 aromatic rings. The van der Waals surface area contributed by atoms with E-state index in [2.05, 4.69) is 16.0 Å². The molecule has 3 aromatic carbocycles. The van der Waals surface area contributed by atoms with Gasteiger partial charge in [-0.25, -0.2) is 4.79 Å². The monoisotopic (exact) mass is 492 g/mol. The standard InChI is InChI=1S/C26H28N4O4S/c1-30(2)18-12-10-17(11-13-18)27-25(35)28-21-14-32-24-22(15-33-23(21)24)34-26(31)29-20-9-5-7-16-6-3-4-8-19(16)20/h3-13,21-24H,14-15H2,1-2H3,(H,29,31)(H2,27,28,35)/t21-,22-,23-,24+/m1/s1. The van der Waals surface area contributed by atoms with Crippen molar-refractivity contribution in [1.29, 1.82) is 0 Å². The Labute approximate surface area is 209 Å². The van der Waals surface area contributed by atoms with Crippen molar-refractivity contribution in [2.24, 2.45) is 0 Å². The van der Waals surface area contributed by atoms with E-state index in [1.165, 1.54) is 0 Å². The number of hydrogen-bond donors (Lipinski definition) is 3. The average molecular weight is 493 g/mol. The summed E-state index contributed by atoms with van der Waals surface area (Å²) >= 11 is 5.49. The number of nitrogens with zero attached hydrogens (tertiary/aromatic N) is 1. The number of carbonyl (C=O) groups excluding carboxylic acids is 1. The van der Waals surface area contributed by atoms with E-state index in [1.807, 2.05) is 85.7 Å². The third kappa shape index (κ3) is 5.17. The number of nitrogens with one attached hydrogen (secondary N) is 3. The van der Waals surface area contributed by atoms with Gasteiger partial charge >= 0.3 is 6.09 Å². The Bertz CT molecular complexity index is 1210. The zero-order valence-electron chi connectivity index (χ0n) is 19.6. The van der Waals surface area contributed by atoms with Crippen LogP contribution in [0.2, 0.25) is 0 Å². The molecule has 0 spiro atoms. The zero-order valence-corrected chi connectivity index (χ0v) is 20.4. The van der Waals surface area contributed by atoms with E-state index in [-0.39, 0.29) is 24.9 Å². The predicted molar refractivity (Wildman–Crippen MR) is 141 cm³/mol. The molecule has 0 saturated carbocycles. The molecule has 2 fully saturated rings. The van der Waals surface area contributed by atoms with Crippen LogP contribution in [0.15, 0.2) is 66.7 Å². The van der Waals surface area contributed by atoms with Gasteiger partial charge in [0.05, 0.1) is 24.9 Å². The number of fused-ring (bicyclic) bond motifs is 2. The lowest BCUT2D eigenvalue weighted by molar-refractivity contribution is 0.00881. The highest BCUT2D eigenvalue weighted by atomic mass is 32.1. The lowest BCUT2D eigenvalue weighted by Gasteiger charge is -2.20. The second-order valence-electron chi connectivity index (χ2n) is 8.84. The quantitative estimate of drug-likeness (QED) is 0.462. The summed E-state index contributed by atoms with van der Waals surface area (Å²) < 4.78 is 17.5. The van der Waals surface area contributed by atoms with Gasteiger partial charge in [-0.3, -0.25) is 5.32 Å². The summed E-state index contributed by atoms with van der Waals surface area (Å²) in [4.78, 5) is 14.7. The number of rotatable bonds is 5. The number of ether oxygens (including phenoxy) is 3. The van der Waals surface area contributed by atoms with Crippen molar-refractivity contribution >= 4 is 51.3 Å². The molecule has 0 unspecified atom stereocenters. The van der Waals surface area contributed by atoms with Gasteiger partial charge in [0.15, 0.2) is 11.2 Å². The van der Waals surface area contributed by atoms with E-state index in [9.17, 15) is 4.79 Å². The lowest BCUT2D eigenvalue weighted by atomic mass is 10.1. The van der Waals surface area contributed by atoms with Crippen molar-refractivity contribution in [2.45, 2.75) is 24.4 Å². The van der Waals surface area contributed by atoms with E-state index in [0.717, 1.165) is 22.1 Å². The van der Waals surface area contributed by atoms with Crippen molar-refractivity contribution in [3.63, 3.8) is 0 Å². The molecule has 0 radical (unpaired) electrons. The Morgan fingerprint density at radius 2 is 1.69 bits per heavy atom. The summed E-state index contributed by atoms with van der Waals surface area (Å²) in [5.41, 5.74) is 2.70. The molecule has 2 aliphatic heterocycles. The molecular formula is C26H28N4O4S. The van der Waals surface area contributed by atoms with Crippen LogP contribution in [0.4, 0.5) is 21.9 Å². The maximum absolute atomic E-state index is 12.6. The Morgan fingerprint density at radius 3 is 2.49 bits per heavy atom. The molecule has 4 atom stereocenters. The molecule has 2 saturated heterocycles. The van der Waals surface area contributed by atoms with Crippen LogP contribution < -0.4 is 20.9 Å². The predicted octanol–water partition coefficient (Wildman–Crippen LogP) is 3.98. The van der Waals surface area contributed by atoms with Crippen LogP contribution in [-0.2, 0) is 14.2 Å². The second kappa shape index (κ2) is 10.1. The summed E-state index contributed by atoms with van der Waals surface area (Å²) in [6.07, 6.45) is -1.65. The largest absolute Gasteiger partial charge is 0.441 e. The van der Waals surface area contributed by atoms with Crippen molar-refractivity contribution in [2.75, 3.05) is 42.8 Å². The van der Waals surface area contributed by atoms with Crippen molar-refractivity contribution in [3.05, 3.63) is 66.7 Å². The molecule has 35 heavy (non-hydrogen) atoms. The van der Waals surface area contributed by atoms with Crippen molar-refractivity contribution < 1.29 is 19.0 Å². The Hall–Kier alpha value is -3.40. The molecule has 2 aliphatic rings. The number of benzene rings is 3. The summed E-state index contributed by atoms with van der Waals surface area (Å²) in [5, 5.41) is 11.8. The van der Waals surface area contributed by atoms with Crippen LogP contribution in [0.25, 0.3) is 10.8 Å². The third-order valence-corrected chi connectivity index (χ3v) is 6.47. The molecule has 0 bridgehead atoms. The van der Waals surface area contributed by atoms with E-state index >= 15 is 0 Å². The minimum Gasteiger partial charge on any atom is -0.441 e. The smallest absolute Gasteiger partial charge is 0.412 e. The minimum absolute atomic E-state index is 0.143. The number of carbonyl (C=O) groups is 1. The molecule has 182 valence electrons. The van der Waals surface area contributed by atoms with Crippen molar-refractivity contribution in [1.82, 2.24) is 5.32 Å². The fourth-order valence-corrected chi connectivity index (χ4v) is 4.75. The molecular weight excluding hydrogens is 464 g/mol. The van der Waals surface area contributed by atoms with Crippen LogP contribution >= 0.6 is 12.2 Å².